The number of likely N-dealkylation sites (N-methyl/N-ethyl adjacent to an activating group) is 1. The number of ether oxygens (including phenoxy) is 1. The van der Waals surface area contributed by atoms with Crippen LogP contribution < -0.4 is 0 Å². The van der Waals surface area contributed by atoms with Crippen molar-refractivity contribution in [2.24, 2.45) is 0 Å². The summed E-state index contributed by atoms with van der Waals surface area (Å²) in [6, 6.07) is 6.11. The minimum atomic E-state index is -0.0107. The number of rotatable bonds is 4. The Kier molecular flexibility index (Phi) is 5.71. The molecule has 2 fully saturated rings. The lowest BCUT2D eigenvalue weighted by molar-refractivity contribution is 0.0339. The summed E-state index contributed by atoms with van der Waals surface area (Å²) in [5.74, 6) is 0.740. The first-order chi connectivity index (χ1) is 15.2. The molecule has 0 unspecified atom stereocenters. The fraction of sp³-hybridized carbons (Fsp3) is 0.500. The Morgan fingerprint density at radius 1 is 1.10 bits per heavy atom. The van der Waals surface area contributed by atoms with Gasteiger partial charge in [-0.05, 0) is 32.1 Å². The summed E-state index contributed by atoms with van der Waals surface area (Å²) >= 11 is 0. The topological polar surface area (TPSA) is 71.1 Å². The number of imidazole rings is 2. The number of nitrogens with zero attached hydrogens (tertiary/aromatic N) is 7. The Balaban J connectivity index is 1.41. The van der Waals surface area contributed by atoms with Crippen molar-refractivity contribution >= 4 is 11.4 Å². The van der Waals surface area contributed by atoms with Gasteiger partial charge in [-0.25, -0.2) is 9.97 Å². The van der Waals surface area contributed by atoms with Crippen LogP contribution in [0.5, 0.6) is 0 Å². The summed E-state index contributed by atoms with van der Waals surface area (Å²) < 4.78 is 9.39. The number of hydrogen-bond acceptors (Lipinski definition) is 6. The van der Waals surface area contributed by atoms with Gasteiger partial charge in [0, 0.05) is 51.7 Å². The number of hydrogen-bond donors (Lipinski definition) is 0. The zero-order valence-electron chi connectivity index (χ0n) is 18.0. The highest BCUT2D eigenvalue weighted by atomic mass is 16.5. The van der Waals surface area contributed by atoms with Gasteiger partial charge in [0.1, 0.15) is 12.0 Å². The normalized spacial score (nSPS) is 19.1. The molecule has 3 aromatic rings. The van der Waals surface area contributed by atoms with Gasteiger partial charge in [-0.15, -0.1) is 0 Å². The molecule has 31 heavy (non-hydrogen) atoms. The van der Waals surface area contributed by atoms with E-state index in [0.29, 0.717) is 5.69 Å². The van der Waals surface area contributed by atoms with E-state index in [0.717, 1.165) is 82.6 Å². The quantitative estimate of drug-likeness (QED) is 0.627. The fourth-order valence-electron chi connectivity index (χ4n) is 4.31. The highest BCUT2D eigenvalue weighted by Gasteiger charge is 2.22. The van der Waals surface area contributed by atoms with Crippen molar-refractivity contribution in [1.82, 2.24) is 33.6 Å². The first kappa shape index (κ1) is 20.2. The van der Waals surface area contributed by atoms with Gasteiger partial charge in [-0.1, -0.05) is 6.07 Å². The third kappa shape index (κ3) is 4.21. The Morgan fingerprint density at radius 3 is 2.84 bits per heavy atom. The average molecular weight is 424 g/mol. The zero-order valence-corrected chi connectivity index (χ0v) is 18.0. The van der Waals surface area contributed by atoms with Gasteiger partial charge in [0.05, 0.1) is 24.4 Å². The van der Waals surface area contributed by atoms with E-state index in [1.807, 2.05) is 27.8 Å². The van der Waals surface area contributed by atoms with Crippen molar-refractivity contribution in [1.29, 1.82) is 0 Å². The highest BCUT2D eigenvalue weighted by Crippen LogP contribution is 2.19. The smallest absolute Gasteiger partial charge is 0.274 e. The summed E-state index contributed by atoms with van der Waals surface area (Å²) in [5.41, 5.74) is 2.56. The molecule has 0 bridgehead atoms. The third-order valence-electron chi connectivity index (χ3n) is 6.12. The Labute approximate surface area is 181 Å². The van der Waals surface area contributed by atoms with Crippen LogP contribution in [-0.2, 0) is 11.3 Å². The summed E-state index contributed by atoms with van der Waals surface area (Å²) in [4.78, 5) is 28.9. The first-order valence-electron chi connectivity index (χ1n) is 11.0. The van der Waals surface area contributed by atoms with Gasteiger partial charge < -0.3 is 14.5 Å². The van der Waals surface area contributed by atoms with Gasteiger partial charge in [-0.3, -0.25) is 18.7 Å². The first-order valence-corrected chi connectivity index (χ1v) is 11.0. The lowest BCUT2D eigenvalue weighted by Crippen LogP contribution is -2.35. The molecule has 9 heteroatoms. The summed E-state index contributed by atoms with van der Waals surface area (Å²) in [7, 11) is 2.10. The monoisotopic (exact) mass is 423 g/mol. The van der Waals surface area contributed by atoms with Crippen LogP contribution in [0.4, 0.5) is 0 Å². The van der Waals surface area contributed by atoms with Crippen molar-refractivity contribution in [3.63, 3.8) is 0 Å². The third-order valence-corrected chi connectivity index (χ3v) is 6.12. The SMILES string of the molecule is CN1CCCN(C(=O)c2cn(-c3nc(CN4CCOCC4)c4ccccn34)cn2)CC1. The summed E-state index contributed by atoms with van der Waals surface area (Å²) in [6.45, 7) is 7.54. The van der Waals surface area contributed by atoms with Crippen LogP contribution in [0.2, 0.25) is 0 Å². The van der Waals surface area contributed by atoms with Crippen molar-refractivity contribution in [2.75, 3.05) is 59.5 Å². The molecule has 2 aliphatic heterocycles. The van der Waals surface area contributed by atoms with E-state index in [-0.39, 0.29) is 5.91 Å². The fourth-order valence-corrected chi connectivity index (χ4v) is 4.31. The number of morpholine rings is 1. The lowest BCUT2D eigenvalue weighted by atomic mass is 10.3. The number of pyridine rings is 1. The number of amides is 1. The predicted molar refractivity (Wildman–Crippen MR) is 116 cm³/mol. The molecule has 164 valence electrons. The molecule has 0 radical (unpaired) electrons. The second-order valence-electron chi connectivity index (χ2n) is 8.32. The summed E-state index contributed by atoms with van der Waals surface area (Å²) in [6.07, 6.45) is 6.49. The summed E-state index contributed by atoms with van der Waals surface area (Å²) in [5, 5.41) is 0. The minimum absolute atomic E-state index is 0.0107. The number of aromatic nitrogens is 4. The average Bonchev–Trinajstić information content (AvgIpc) is 3.35. The second-order valence-corrected chi connectivity index (χ2v) is 8.32. The number of carbonyl (C=O) groups is 1. The van der Waals surface area contributed by atoms with Gasteiger partial charge >= 0.3 is 0 Å². The predicted octanol–water partition coefficient (Wildman–Crippen LogP) is 1.13. The molecule has 0 atom stereocenters. The van der Waals surface area contributed by atoms with Crippen LogP contribution in [0.25, 0.3) is 11.5 Å². The maximum atomic E-state index is 13.0. The molecule has 0 aromatic carbocycles. The van der Waals surface area contributed by atoms with Crippen LogP contribution in [0.1, 0.15) is 22.6 Å². The molecule has 9 nitrogen and oxygen atoms in total. The lowest BCUT2D eigenvalue weighted by Gasteiger charge is -2.25. The van der Waals surface area contributed by atoms with E-state index in [4.69, 9.17) is 9.72 Å². The van der Waals surface area contributed by atoms with E-state index < -0.39 is 0 Å². The van der Waals surface area contributed by atoms with Crippen LogP contribution in [-0.4, -0.2) is 99.1 Å². The maximum Gasteiger partial charge on any atom is 0.274 e. The minimum Gasteiger partial charge on any atom is -0.379 e. The molecule has 5 rings (SSSR count). The van der Waals surface area contributed by atoms with Gasteiger partial charge in [0.25, 0.3) is 5.91 Å². The molecule has 5 heterocycles. The van der Waals surface area contributed by atoms with Crippen molar-refractivity contribution in [2.45, 2.75) is 13.0 Å². The Hall–Kier alpha value is -2.75. The molecular weight excluding hydrogens is 394 g/mol. The van der Waals surface area contributed by atoms with Gasteiger partial charge in [0.15, 0.2) is 0 Å². The largest absolute Gasteiger partial charge is 0.379 e. The maximum absolute atomic E-state index is 13.0. The molecule has 2 saturated heterocycles. The molecule has 1 amide bonds. The zero-order chi connectivity index (χ0) is 21.2. The van der Waals surface area contributed by atoms with Crippen LogP contribution in [0.3, 0.4) is 0 Å². The van der Waals surface area contributed by atoms with E-state index in [2.05, 4.69) is 32.3 Å². The second kappa shape index (κ2) is 8.78. The van der Waals surface area contributed by atoms with E-state index in [1.54, 1.807) is 12.5 Å². The molecular formula is C22H29N7O2. The van der Waals surface area contributed by atoms with Crippen molar-refractivity contribution in [3.8, 4) is 5.95 Å². The Morgan fingerprint density at radius 2 is 1.97 bits per heavy atom. The molecule has 0 aliphatic carbocycles. The van der Waals surface area contributed by atoms with E-state index in [1.165, 1.54) is 0 Å². The van der Waals surface area contributed by atoms with Gasteiger partial charge in [0.2, 0.25) is 5.95 Å². The molecule has 0 spiro atoms. The molecule has 2 aliphatic rings. The van der Waals surface area contributed by atoms with Crippen LogP contribution in [0.15, 0.2) is 36.9 Å². The Bertz CT molecular complexity index is 1050. The van der Waals surface area contributed by atoms with Gasteiger partial charge in [-0.2, -0.15) is 0 Å². The van der Waals surface area contributed by atoms with Crippen LogP contribution in [0, 0.1) is 0 Å². The number of carbonyl (C=O) groups excluding carboxylic acids is 1. The van der Waals surface area contributed by atoms with E-state index >= 15 is 0 Å². The number of fused-ring (bicyclic) bond motifs is 1. The molecule has 3 aromatic heterocycles. The standard InChI is InChI=1S/C22H29N7O2/c1-25-6-4-7-27(10-9-25)21(30)19-16-28(17-23-19)22-24-18(15-26-11-13-31-14-12-26)20-5-2-3-8-29(20)22/h2-3,5,8,16-17H,4,6-7,9-15H2,1H3. The molecule has 0 saturated carbocycles. The van der Waals surface area contributed by atoms with Crippen molar-refractivity contribution in [3.05, 3.63) is 48.3 Å². The highest BCUT2D eigenvalue weighted by molar-refractivity contribution is 5.92. The van der Waals surface area contributed by atoms with Crippen LogP contribution >= 0.6 is 0 Å². The molecule has 0 N–H and O–H groups in total. The van der Waals surface area contributed by atoms with E-state index in [9.17, 15) is 4.79 Å². The van der Waals surface area contributed by atoms with Crippen molar-refractivity contribution < 1.29 is 9.53 Å².